The van der Waals surface area contributed by atoms with Crippen molar-refractivity contribution in [3.05, 3.63) is 48.2 Å². The van der Waals surface area contributed by atoms with Crippen molar-refractivity contribution in [3.63, 3.8) is 0 Å². The van der Waals surface area contributed by atoms with Crippen LogP contribution in [-0.4, -0.2) is 10.9 Å². The Morgan fingerprint density at radius 2 is 2.12 bits per heavy atom. The maximum atomic E-state index is 11.2. The van der Waals surface area contributed by atoms with Gasteiger partial charge in [-0.05, 0) is 24.3 Å². The molecule has 0 radical (unpaired) electrons. The third-order valence-corrected chi connectivity index (χ3v) is 3.08. The number of carbonyl (C=O) groups excluding carboxylic acids is 1. The first-order valence-corrected chi connectivity index (χ1v) is 5.90. The van der Waals surface area contributed by atoms with Crippen molar-refractivity contribution in [2.75, 3.05) is 0 Å². The maximum absolute atomic E-state index is 11.2. The molecule has 2 heterocycles. The van der Waals surface area contributed by atoms with Crippen LogP contribution in [-0.2, 0) is 5.75 Å². The summed E-state index contributed by atoms with van der Waals surface area (Å²) in [6.07, 6.45) is 3.47. The van der Waals surface area contributed by atoms with E-state index in [1.54, 1.807) is 36.3 Å². The summed E-state index contributed by atoms with van der Waals surface area (Å²) in [5.41, 5.74) is 2.02. The van der Waals surface area contributed by atoms with Crippen molar-refractivity contribution in [1.29, 1.82) is 0 Å². The van der Waals surface area contributed by atoms with Crippen LogP contribution >= 0.6 is 11.8 Å². The van der Waals surface area contributed by atoms with E-state index in [-0.39, 0.29) is 5.76 Å². The fraction of sp³-hybridized carbons (Fsp3) is 0.0909. The van der Waals surface area contributed by atoms with Gasteiger partial charge in [-0.15, -0.1) is 11.8 Å². The third-order valence-electron chi connectivity index (χ3n) is 2.05. The molecule has 5 nitrogen and oxygen atoms in total. The van der Waals surface area contributed by atoms with Crippen molar-refractivity contribution in [3.8, 4) is 0 Å². The van der Waals surface area contributed by atoms with Gasteiger partial charge in [-0.3, -0.25) is 15.2 Å². The molecule has 88 valence electrons. The van der Waals surface area contributed by atoms with Crippen LogP contribution in [0, 0.1) is 0 Å². The normalized spacial score (nSPS) is 10.2. The number of furan rings is 1. The van der Waals surface area contributed by atoms with Gasteiger partial charge >= 0.3 is 5.91 Å². The van der Waals surface area contributed by atoms with Crippen molar-refractivity contribution in [1.82, 2.24) is 10.4 Å². The highest BCUT2D eigenvalue weighted by Gasteiger charge is 2.09. The number of carbonyl (C=O) groups is 1. The zero-order chi connectivity index (χ0) is 12.1. The number of nitrogens with two attached hydrogens (primary N) is 1. The summed E-state index contributed by atoms with van der Waals surface area (Å²) in [6.45, 7) is 0. The average molecular weight is 249 g/mol. The minimum absolute atomic E-state index is 0.220. The largest absolute Gasteiger partial charge is 0.455 e. The SMILES string of the molecule is NNC(=O)c1ccc(CSc2ccncc2)o1. The van der Waals surface area contributed by atoms with Crippen LogP contribution in [0.1, 0.15) is 16.3 Å². The van der Waals surface area contributed by atoms with Crippen LogP contribution in [0.4, 0.5) is 0 Å². The Labute approximate surface area is 102 Å². The molecule has 0 aliphatic heterocycles. The molecule has 0 unspecified atom stereocenters. The second-order valence-corrected chi connectivity index (χ2v) is 4.26. The second-order valence-electron chi connectivity index (χ2n) is 3.21. The summed E-state index contributed by atoms with van der Waals surface area (Å²) < 4.78 is 5.33. The predicted molar refractivity (Wildman–Crippen MR) is 64.2 cm³/mol. The molecule has 2 rings (SSSR count). The first-order valence-electron chi connectivity index (χ1n) is 4.92. The number of hydrogen-bond donors (Lipinski definition) is 2. The number of nitrogens with one attached hydrogen (secondary N) is 1. The van der Waals surface area contributed by atoms with E-state index in [2.05, 4.69) is 4.98 Å². The molecule has 0 aliphatic carbocycles. The van der Waals surface area contributed by atoms with Crippen LogP contribution < -0.4 is 11.3 Å². The molecule has 0 saturated carbocycles. The number of amides is 1. The first kappa shape index (κ1) is 11.7. The Hall–Kier alpha value is -1.79. The molecule has 0 aromatic carbocycles. The molecule has 3 N–H and O–H groups in total. The molecule has 1 amide bonds. The van der Waals surface area contributed by atoms with Crippen molar-refractivity contribution >= 4 is 17.7 Å². The summed E-state index contributed by atoms with van der Waals surface area (Å²) in [5.74, 6) is 6.18. The fourth-order valence-corrected chi connectivity index (χ4v) is 2.02. The zero-order valence-corrected chi connectivity index (χ0v) is 9.74. The van der Waals surface area contributed by atoms with Gasteiger partial charge in [0, 0.05) is 17.3 Å². The Bertz CT molecular complexity index is 498. The molecule has 0 saturated heterocycles. The van der Waals surface area contributed by atoms with Gasteiger partial charge in [0.05, 0.1) is 5.75 Å². The Kier molecular flexibility index (Phi) is 3.79. The fourth-order valence-electron chi connectivity index (χ4n) is 1.24. The van der Waals surface area contributed by atoms with E-state index in [4.69, 9.17) is 10.3 Å². The van der Waals surface area contributed by atoms with E-state index in [1.165, 1.54) is 0 Å². The number of nitrogens with zero attached hydrogens (tertiary/aromatic N) is 1. The molecule has 17 heavy (non-hydrogen) atoms. The zero-order valence-electron chi connectivity index (χ0n) is 8.92. The van der Waals surface area contributed by atoms with E-state index >= 15 is 0 Å². The molecule has 0 atom stereocenters. The number of aromatic nitrogens is 1. The van der Waals surface area contributed by atoms with Gasteiger partial charge in [0.15, 0.2) is 5.76 Å². The summed E-state index contributed by atoms with van der Waals surface area (Å²) in [7, 11) is 0. The summed E-state index contributed by atoms with van der Waals surface area (Å²) in [5, 5.41) is 0. The Balaban J connectivity index is 1.96. The minimum Gasteiger partial charge on any atom is -0.455 e. The lowest BCUT2D eigenvalue weighted by Gasteiger charge is -1.98. The number of hydrazine groups is 1. The van der Waals surface area contributed by atoms with Gasteiger partial charge < -0.3 is 4.42 Å². The monoisotopic (exact) mass is 249 g/mol. The lowest BCUT2D eigenvalue weighted by Crippen LogP contribution is -2.29. The van der Waals surface area contributed by atoms with Crippen LogP contribution in [0.5, 0.6) is 0 Å². The molecule has 0 spiro atoms. The Morgan fingerprint density at radius 1 is 1.35 bits per heavy atom. The molecule has 0 bridgehead atoms. The minimum atomic E-state index is -0.426. The van der Waals surface area contributed by atoms with Crippen LogP contribution in [0.15, 0.2) is 46.0 Å². The van der Waals surface area contributed by atoms with Gasteiger partial charge in [0.1, 0.15) is 5.76 Å². The van der Waals surface area contributed by atoms with E-state index < -0.39 is 5.91 Å². The van der Waals surface area contributed by atoms with E-state index in [0.29, 0.717) is 5.75 Å². The van der Waals surface area contributed by atoms with Gasteiger partial charge in [0.25, 0.3) is 0 Å². The van der Waals surface area contributed by atoms with E-state index in [1.807, 2.05) is 17.6 Å². The molecule has 0 aliphatic rings. The molecule has 0 fully saturated rings. The van der Waals surface area contributed by atoms with Crippen molar-refractivity contribution < 1.29 is 9.21 Å². The van der Waals surface area contributed by atoms with Gasteiger partial charge in [-0.25, -0.2) is 5.84 Å². The highest BCUT2D eigenvalue weighted by atomic mass is 32.2. The maximum Gasteiger partial charge on any atom is 0.300 e. The van der Waals surface area contributed by atoms with Crippen LogP contribution in [0.25, 0.3) is 0 Å². The smallest absolute Gasteiger partial charge is 0.300 e. The Morgan fingerprint density at radius 3 is 2.82 bits per heavy atom. The second kappa shape index (κ2) is 5.51. The average Bonchev–Trinajstić information content (AvgIpc) is 2.85. The lowest BCUT2D eigenvalue weighted by atomic mass is 10.4. The summed E-state index contributed by atoms with van der Waals surface area (Å²) in [6, 6.07) is 7.20. The van der Waals surface area contributed by atoms with E-state index in [9.17, 15) is 4.79 Å². The first-order chi connectivity index (χ1) is 8.29. The molecule has 2 aromatic rings. The third kappa shape index (κ3) is 3.08. The number of thioether (sulfide) groups is 1. The highest BCUT2D eigenvalue weighted by Crippen LogP contribution is 2.22. The molecule has 6 heteroatoms. The van der Waals surface area contributed by atoms with Crippen molar-refractivity contribution in [2.45, 2.75) is 10.6 Å². The summed E-state index contributed by atoms with van der Waals surface area (Å²) in [4.78, 5) is 16.2. The van der Waals surface area contributed by atoms with E-state index in [0.717, 1.165) is 10.7 Å². The number of pyridine rings is 1. The highest BCUT2D eigenvalue weighted by molar-refractivity contribution is 7.98. The molecule has 2 aromatic heterocycles. The lowest BCUT2D eigenvalue weighted by molar-refractivity contribution is 0.0924. The quantitative estimate of drug-likeness (QED) is 0.372. The standard InChI is InChI=1S/C11H11N3O2S/c12-14-11(15)10-2-1-8(16-10)7-17-9-3-5-13-6-4-9/h1-6H,7,12H2,(H,14,15). The summed E-state index contributed by atoms with van der Waals surface area (Å²) >= 11 is 1.61. The number of nitrogen functional groups attached to an aromatic ring is 1. The topological polar surface area (TPSA) is 81.1 Å². The van der Waals surface area contributed by atoms with Crippen LogP contribution in [0.2, 0.25) is 0 Å². The van der Waals surface area contributed by atoms with Gasteiger partial charge in [-0.1, -0.05) is 0 Å². The van der Waals surface area contributed by atoms with Gasteiger partial charge in [0.2, 0.25) is 0 Å². The van der Waals surface area contributed by atoms with Crippen LogP contribution in [0.3, 0.4) is 0 Å². The number of hydrogen-bond acceptors (Lipinski definition) is 5. The van der Waals surface area contributed by atoms with Crippen molar-refractivity contribution in [2.24, 2.45) is 5.84 Å². The van der Waals surface area contributed by atoms with Gasteiger partial charge in [-0.2, -0.15) is 0 Å². The predicted octanol–water partition coefficient (Wildman–Crippen LogP) is 1.57. The number of rotatable bonds is 4. The molecular weight excluding hydrogens is 238 g/mol. The molecular formula is C11H11N3O2S.